The predicted molar refractivity (Wildman–Crippen MR) is 297 cm³/mol. The van der Waals surface area contributed by atoms with Gasteiger partial charge in [0.15, 0.2) is 0 Å². The fourth-order valence-corrected chi connectivity index (χ4v) is 9.39. The molecule has 0 aliphatic carbocycles. The maximum atomic E-state index is 8.75. The fourth-order valence-electron chi connectivity index (χ4n) is 9.39. The molecule has 0 saturated carbocycles. The summed E-state index contributed by atoms with van der Waals surface area (Å²) in [6, 6.07) is 0. The fraction of sp³-hybridized carbons (Fsp3) is 1.00. The molecule has 0 saturated heterocycles. The van der Waals surface area contributed by atoms with Gasteiger partial charge in [0.2, 0.25) is 0 Å². The molecule has 3 heteroatoms. The lowest BCUT2D eigenvalue weighted by Gasteiger charge is -2.04. The van der Waals surface area contributed by atoms with Crippen LogP contribution in [0.15, 0.2) is 0 Å². The van der Waals surface area contributed by atoms with Gasteiger partial charge in [0.25, 0.3) is 0 Å². The van der Waals surface area contributed by atoms with Crippen molar-refractivity contribution in [1.29, 1.82) is 0 Å². The summed E-state index contributed by atoms with van der Waals surface area (Å²) in [6.07, 6.45) is 78.5. The van der Waals surface area contributed by atoms with E-state index in [0.717, 1.165) is 19.3 Å². The minimum atomic E-state index is 0.372. The Balaban J connectivity index is -0.000000938. The number of aliphatic hydroxyl groups is 3. The van der Waals surface area contributed by atoms with Gasteiger partial charge in [0.1, 0.15) is 0 Å². The quantitative estimate of drug-likeness (QED) is 0.0533. The number of hydrogen-bond acceptors (Lipinski definition) is 3. The van der Waals surface area contributed by atoms with Crippen molar-refractivity contribution < 1.29 is 15.3 Å². The molecular formula is C62H130O3. The Kier molecular flexibility index (Phi) is 77.5. The average Bonchev–Trinajstić information content (AvgIpc) is 3.32. The van der Waals surface area contributed by atoms with Gasteiger partial charge >= 0.3 is 0 Å². The summed E-state index contributed by atoms with van der Waals surface area (Å²) >= 11 is 0. The molecule has 0 aliphatic rings. The van der Waals surface area contributed by atoms with Crippen LogP contribution >= 0.6 is 0 Å². The standard InChI is InChI=1S/C28H58O.C20H42O.C14H30O/c1-2-3-4-5-6-7-8-9-10-11-12-13-14-15-16-17-18-19-20-21-22-23-24-25-26-27-28-29;1-2-3-4-5-6-7-8-9-10-11-12-13-14-15-16-17-18-19-20-21;1-2-3-4-5-6-7-8-9-10-11-12-13-14-15/h29H,2-28H2,1H3;21H,2-20H2,1H3;15H,2-14H2,1H3. The second kappa shape index (κ2) is 72.9. The molecule has 0 aliphatic heterocycles. The minimum absolute atomic E-state index is 0.372. The Morgan fingerprint density at radius 3 is 0.277 bits per heavy atom. The van der Waals surface area contributed by atoms with Crippen molar-refractivity contribution in [2.24, 2.45) is 0 Å². The smallest absolute Gasteiger partial charge is 0.0431 e. The number of hydrogen-bond donors (Lipinski definition) is 3. The van der Waals surface area contributed by atoms with Gasteiger partial charge in [-0.1, -0.05) is 361 Å². The van der Waals surface area contributed by atoms with Gasteiger partial charge < -0.3 is 15.3 Å². The van der Waals surface area contributed by atoms with Crippen LogP contribution in [0.1, 0.15) is 380 Å². The van der Waals surface area contributed by atoms with Crippen molar-refractivity contribution in [3.8, 4) is 0 Å². The normalized spacial score (nSPS) is 11.2. The predicted octanol–water partition coefficient (Wildman–Crippen LogP) is 21.8. The van der Waals surface area contributed by atoms with Crippen LogP contribution in [0, 0.1) is 0 Å². The van der Waals surface area contributed by atoms with Crippen molar-refractivity contribution in [3.05, 3.63) is 0 Å². The third kappa shape index (κ3) is 78.3. The highest BCUT2D eigenvalue weighted by Crippen LogP contribution is 2.18. The van der Waals surface area contributed by atoms with Crippen molar-refractivity contribution in [2.75, 3.05) is 19.8 Å². The van der Waals surface area contributed by atoms with Gasteiger partial charge in [-0.3, -0.25) is 0 Å². The molecule has 0 heterocycles. The van der Waals surface area contributed by atoms with Gasteiger partial charge in [-0.2, -0.15) is 0 Å². The molecule has 0 bridgehead atoms. The Morgan fingerprint density at radius 2 is 0.200 bits per heavy atom. The van der Waals surface area contributed by atoms with Crippen molar-refractivity contribution in [3.63, 3.8) is 0 Å². The zero-order chi connectivity index (χ0) is 47.7. The lowest BCUT2D eigenvalue weighted by molar-refractivity contribution is 0.282. The first-order valence-corrected chi connectivity index (χ1v) is 31.1. The Bertz CT molecular complexity index is 656. The van der Waals surface area contributed by atoms with E-state index in [1.807, 2.05) is 0 Å². The van der Waals surface area contributed by atoms with E-state index < -0.39 is 0 Å². The van der Waals surface area contributed by atoms with Crippen LogP contribution < -0.4 is 0 Å². The Morgan fingerprint density at radius 1 is 0.123 bits per heavy atom. The van der Waals surface area contributed by atoms with E-state index in [-0.39, 0.29) is 0 Å². The highest BCUT2D eigenvalue weighted by Gasteiger charge is 1.98. The van der Waals surface area contributed by atoms with Crippen LogP contribution in [0.4, 0.5) is 0 Å². The summed E-state index contributed by atoms with van der Waals surface area (Å²) in [4.78, 5) is 0. The van der Waals surface area contributed by atoms with Crippen LogP contribution in [0.3, 0.4) is 0 Å². The monoisotopic (exact) mass is 923 g/mol. The van der Waals surface area contributed by atoms with Gasteiger partial charge in [-0.15, -0.1) is 0 Å². The Labute approximate surface area is 413 Å². The molecule has 0 unspecified atom stereocenters. The van der Waals surface area contributed by atoms with E-state index in [4.69, 9.17) is 15.3 Å². The summed E-state index contributed by atoms with van der Waals surface area (Å²) in [5.41, 5.74) is 0. The lowest BCUT2D eigenvalue weighted by Crippen LogP contribution is -1.85. The van der Waals surface area contributed by atoms with Crippen LogP contribution in [0.5, 0.6) is 0 Å². The van der Waals surface area contributed by atoms with Crippen LogP contribution in [0.25, 0.3) is 0 Å². The first kappa shape index (κ1) is 69.1. The first-order valence-electron chi connectivity index (χ1n) is 31.1. The molecule has 65 heavy (non-hydrogen) atoms. The Hall–Kier alpha value is -0.120. The maximum absolute atomic E-state index is 8.75. The third-order valence-corrected chi connectivity index (χ3v) is 14.0. The summed E-state index contributed by atoms with van der Waals surface area (Å²) in [5.74, 6) is 0. The molecule has 0 amide bonds. The van der Waals surface area contributed by atoms with E-state index in [2.05, 4.69) is 20.8 Å². The molecule has 0 atom stereocenters. The van der Waals surface area contributed by atoms with Gasteiger partial charge in [0, 0.05) is 19.8 Å². The van der Waals surface area contributed by atoms with Gasteiger partial charge in [0.05, 0.1) is 0 Å². The maximum Gasteiger partial charge on any atom is 0.0431 e. The van der Waals surface area contributed by atoms with E-state index in [9.17, 15) is 0 Å². The summed E-state index contributed by atoms with van der Waals surface area (Å²) in [5, 5.41) is 26.1. The number of aliphatic hydroxyl groups excluding tert-OH is 3. The molecule has 396 valence electrons. The largest absolute Gasteiger partial charge is 0.396 e. The molecule has 0 fully saturated rings. The molecule has 0 radical (unpaired) electrons. The number of rotatable bonds is 56. The van der Waals surface area contributed by atoms with E-state index in [1.165, 1.54) is 340 Å². The van der Waals surface area contributed by atoms with Gasteiger partial charge in [-0.05, 0) is 19.3 Å². The minimum Gasteiger partial charge on any atom is -0.396 e. The summed E-state index contributed by atoms with van der Waals surface area (Å²) in [6.45, 7) is 7.98. The van der Waals surface area contributed by atoms with Crippen LogP contribution in [-0.2, 0) is 0 Å². The molecular weight excluding hydrogens is 793 g/mol. The highest BCUT2D eigenvalue weighted by molar-refractivity contribution is 4.54. The van der Waals surface area contributed by atoms with Crippen molar-refractivity contribution in [1.82, 2.24) is 0 Å². The van der Waals surface area contributed by atoms with Crippen LogP contribution in [-0.4, -0.2) is 35.1 Å². The number of unbranched alkanes of at least 4 members (excludes halogenated alkanes) is 53. The van der Waals surface area contributed by atoms with Crippen LogP contribution in [0.2, 0.25) is 0 Å². The summed E-state index contributed by atoms with van der Waals surface area (Å²) in [7, 11) is 0. The van der Waals surface area contributed by atoms with Gasteiger partial charge in [-0.25, -0.2) is 0 Å². The summed E-state index contributed by atoms with van der Waals surface area (Å²) < 4.78 is 0. The van der Waals surface area contributed by atoms with Crippen molar-refractivity contribution >= 4 is 0 Å². The highest BCUT2D eigenvalue weighted by atomic mass is 16.3. The van der Waals surface area contributed by atoms with Crippen molar-refractivity contribution in [2.45, 2.75) is 380 Å². The van der Waals surface area contributed by atoms with E-state index in [1.54, 1.807) is 0 Å². The molecule has 0 aromatic heterocycles. The topological polar surface area (TPSA) is 60.7 Å². The molecule has 0 spiro atoms. The van der Waals surface area contributed by atoms with E-state index >= 15 is 0 Å². The second-order valence-electron chi connectivity index (χ2n) is 20.9. The zero-order valence-corrected chi connectivity index (χ0v) is 46.1. The second-order valence-corrected chi connectivity index (χ2v) is 20.9. The average molecular weight is 924 g/mol. The molecule has 0 aromatic carbocycles. The molecule has 0 rings (SSSR count). The zero-order valence-electron chi connectivity index (χ0n) is 46.1. The molecule has 0 aromatic rings. The third-order valence-electron chi connectivity index (χ3n) is 14.0. The SMILES string of the molecule is CCCCCCCCCCCCCCCCCCCCCCCCCCCCO.CCCCCCCCCCCCCCCCCCCCO.CCCCCCCCCCCCCCO. The molecule has 3 N–H and O–H groups in total. The first-order chi connectivity index (χ1) is 32.2. The lowest BCUT2D eigenvalue weighted by atomic mass is 10.0. The molecule has 3 nitrogen and oxygen atoms in total. The van der Waals surface area contributed by atoms with E-state index in [0.29, 0.717) is 19.8 Å².